The van der Waals surface area contributed by atoms with Gasteiger partial charge in [0.2, 0.25) is 0 Å². The Labute approximate surface area is 135 Å². The van der Waals surface area contributed by atoms with Gasteiger partial charge in [0, 0.05) is 5.56 Å². The van der Waals surface area contributed by atoms with Crippen molar-refractivity contribution in [3.05, 3.63) is 63.6 Å². The summed E-state index contributed by atoms with van der Waals surface area (Å²) in [6.07, 6.45) is 0.0689. The minimum atomic E-state index is -0.300. The van der Waals surface area contributed by atoms with Crippen LogP contribution in [0.2, 0.25) is 10.0 Å². The van der Waals surface area contributed by atoms with Gasteiger partial charge >= 0.3 is 0 Å². The molecule has 0 aliphatic heterocycles. The van der Waals surface area contributed by atoms with Crippen molar-refractivity contribution in [1.82, 2.24) is 5.43 Å². The van der Waals surface area contributed by atoms with Gasteiger partial charge in [0.25, 0.3) is 0 Å². The largest absolute Gasteiger partial charge is 0.491 e. The second-order valence-electron chi connectivity index (χ2n) is 4.95. The van der Waals surface area contributed by atoms with Gasteiger partial charge in [0.15, 0.2) is 0 Å². The molecule has 0 bridgehead atoms. The van der Waals surface area contributed by atoms with Gasteiger partial charge in [0.05, 0.1) is 22.2 Å². The molecule has 3 nitrogen and oxygen atoms in total. The minimum absolute atomic E-state index is 0.0689. The Hall–Kier alpha value is -1.26. The molecule has 0 saturated carbocycles. The fourth-order valence-electron chi connectivity index (χ4n) is 2.17. The highest BCUT2D eigenvalue weighted by molar-refractivity contribution is 6.42. The predicted octanol–water partition coefficient (Wildman–Crippen LogP) is 4.33. The number of hydrogen-bond donors (Lipinski definition) is 2. The van der Waals surface area contributed by atoms with Crippen molar-refractivity contribution in [3.63, 3.8) is 0 Å². The lowest BCUT2D eigenvalue weighted by atomic mass is 9.98. The second-order valence-corrected chi connectivity index (χ2v) is 5.73. The zero-order valence-corrected chi connectivity index (χ0v) is 13.4. The van der Waals surface area contributed by atoms with E-state index in [0.29, 0.717) is 10.0 Å². The molecule has 3 N–H and O–H groups in total. The third-order valence-electron chi connectivity index (χ3n) is 3.05. The van der Waals surface area contributed by atoms with Gasteiger partial charge in [0.1, 0.15) is 5.75 Å². The van der Waals surface area contributed by atoms with Crippen LogP contribution in [0.25, 0.3) is 0 Å². The molecule has 1 unspecified atom stereocenters. The van der Waals surface area contributed by atoms with E-state index in [1.165, 1.54) is 0 Å². The van der Waals surface area contributed by atoms with Gasteiger partial charge in [-0.25, -0.2) is 5.43 Å². The second kappa shape index (κ2) is 7.14. The average Bonchev–Trinajstić information content (AvgIpc) is 2.45. The van der Waals surface area contributed by atoms with Crippen molar-refractivity contribution in [2.24, 2.45) is 5.84 Å². The maximum absolute atomic E-state index is 6.31. The first-order valence-electron chi connectivity index (χ1n) is 6.70. The SMILES string of the molecule is CC(C)Oc1ccccc1C(NN)c1cccc(Cl)c1Cl. The van der Waals surface area contributed by atoms with Crippen LogP contribution < -0.4 is 16.0 Å². The molecule has 0 heterocycles. The van der Waals surface area contributed by atoms with Crippen LogP contribution in [0.4, 0.5) is 0 Å². The number of nitrogens with one attached hydrogen (secondary N) is 1. The van der Waals surface area contributed by atoms with Crippen LogP contribution >= 0.6 is 23.2 Å². The Morgan fingerprint density at radius 1 is 1.00 bits per heavy atom. The number of halogens is 2. The highest BCUT2D eigenvalue weighted by atomic mass is 35.5. The number of ether oxygens (including phenoxy) is 1. The van der Waals surface area contributed by atoms with E-state index in [2.05, 4.69) is 5.43 Å². The highest BCUT2D eigenvalue weighted by Crippen LogP contribution is 2.36. The number of hydrogen-bond acceptors (Lipinski definition) is 3. The van der Waals surface area contributed by atoms with Crippen molar-refractivity contribution >= 4 is 23.2 Å². The molecule has 0 fully saturated rings. The Bertz CT molecular complexity index is 617. The summed E-state index contributed by atoms with van der Waals surface area (Å²) in [5.41, 5.74) is 4.52. The Kier molecular flexibility index (Phi) is 5.48. The smallest absolute Gasteiger partial charge is 0.124 e. The van der Waals surface area contributed by atoms with Gasteiger partial charge in [-0.3, -0.25) is 5.84 Å². The third-order valence-corrected chi connectivity index (χ3v) is 3.89. The summed E-state index contributed by atoms with van der Waals surface area (Å²) in [4.78, 5) is 0. The standard InChI is InChI=1S/C16H18Cl2N2O/c1-10(2)21-14-9-4-3-6-11(14)16(20-19)12-7-5-8-13(17)15(12)18/h3-10,16,20H,19H2,1-2H3. The van der Waals surface area contributed by atoms with Crippen LogP contribution in [0.15, 0.2) is 42.5 Å². The number of hydrazine groups is 1. The fraction of sp³-hybridized carbons (Fsp3) is 0.250. The lowest BCUT2D eigenvalue weighted by Crippen LogP contribution is -2.29. The predicted molar refractivity (Wildman–Crippen MR) is 87.8 cm³/mol. The van der Waals surface area contributed by atoms with E-state index in [1.54, 1.807) is 6.07 Å². The first-order chi connectivity index (χ1) is 10.0. The maximum atomic E-state index is 6.31. The summed E-state index contributed by atoms with van der Waals surface area (Å²) in [7, 11) is 0. The van der Waals surface area contributed by atoms with Crippen LogP contribution in [-0.2, 0) is 0 Å². The summed E-state index contributed by atoms with van der Waals surface area (Å²) in [6, 6.07) is 12.9. The summed E-state index contributed by atoms with van der Waals surface area (Å²) >= 11 is 12.4. The van der Waals surface area contributed by atoms with Gasteiger partial charge in [-0.1, -0.05) is 53.5 Å². The lowest BCUT2D eigenvalue weighted by molar-refractivity contribution is 0.238. The molecule has 1 atom stereocenters. The first kappa shape index (κ1) is 16.1. The van der Waals surface area contributed by atoms with E-state index in [9.17, 15) is 0 Å². The van der Waals surface area contributed by atoms with E-state index in [4.69, 9.17) is 33.8 Å². The molecule has 0 saturated heterocycles. The molecule has 0 spiro atoms. The summed E-state index contributed by atoms with van der Waals surface area (Å²) in [6.45, 7) is 3.96. The summed E-state index contributed by atoms with van der Waals surface area (Å²) < 4.78 is 5.85. The molecular formula is C16H18Cl2N2O. The molecule has 0 aromatic heterocycles. The van der Waals surface area contributed by atoms with E-state index in [0.717, 1.165) is 16.9 Å². The maximum Gasteiger partial charge on any atom is 0.124 e. The third kappa shape index (κ3) is 3.69. The first-order valence-corrected chi connectivity index (χ1v) is 7.45. The molecule has 0 radical (unpaired) electrons. The van der Waals surface area contributed by atoms with Crippen molar-refractivity contribution < 1.29 is 4.74 Å². The van der Waals surface area contributed by atoms with E-state index in [-0.39, 0.29) is 12.1 Å². The molecule has 2 rings (SSSR count). The molecule has 2 aromatic rings. The van der Waals surface area contributed by atoms with Gasteiger partial charge in [-0.15, -0.1) is 0 Å². The highest BCUT2D eigenvalue weighted by Gasteiger charge is 2.20. The summed E-state index contributed by atoms with van der Waals surface area (Å²) in [5, 5.41) is 0.984. The number of rotatable bonds is 5. The monoisotopic (exact) mass is 324 g/mol. The van der Waals surface area contributed by atoms with Gasteiger partial charge < -0.3 is 4.74 Å². The van der Waals surface area contributed by atoms with Crippen molar-refractivity contribution in [1.29, 1.82) is 0 Å². The van der Waals surface area contributed by atoms with Crippen LogP contribution in [0.5, 0.6) is 5.75 Å². The Balaban J connectivity index is 2.49. The van der Waals surface area contributed by atoms with Crippen molar-refractivity contribution in [2.45, 2.75) is 26.0 Å². The topological polar surface area (TPSA) is 47.3 Å². The zero-order valence-electron chi connectivity index (χ0n) is 11.9. The molecule has 21 heavy (non-hydrogen) atoms. The van der Waals surface area contributed by atoms with Gasteiger partial charge in [-0.2, -0.15) is 0 Å². The molecule has 2 aromatic carbocycles. The van der Waals surface area contributed by atoms with Gasteiger partial charge in [-0.05, 0) is 31.5 Å². The normalized spacial score (nSPS) is 12.5. The molecule has 5 heteroatoms. The Morgan fingerprint density at radius 3 is 2.33 bits per heavy atom. The molecule has 0 aliphatic carbocycles. The number of nitrogens with two attached hydrogens (primary N) is 1. The van der Waals surface area contributed by atoms with Crippen LogP contribution in [0.1, 0.15) is 31.0 Å². The van der Waals surface area contributed by atoms with E-state index in [1.807, 2.05) is 50.2 Å². The van der Waals surface area contributed by atoms with Crippen LogP contribution in [-0.4, -0.2) is 6.10 Å². The van der Waals surface area contributed by atoms with E-state index < -0.39 is 0 Å². The minimum Gasteiger partial charge on any atom is -0.491 e. The molecule has 112 valence electrons. The van der Waals surface area contributed by atoms with Crippen LogP contribution in [0.3, 0.4) is 0 Å². The lowest BCUT2D eigenvalue weighted by Gasteiger charge is -2.22. The van der Waals surface area contributed by atoms with Crippen molar-refractivity contribution in [3.8, 4) is 5.75 Å². The number of para-hydroxylation sites is 1. The summed E-state index contributed by atoms with van der Waals surface area (Å²) in [5.74, 6) is 6.52. The Morgan fingerprint density at radius 2 is 1.67 bits per heavy atom. The molecule has 0 amide bonds. The zero-order chi connectivity index (χ0) is 15.4. The fourth-order valence-corrected chi connectivity index (χ4v) is 2.59. The quantitative estimate of drug-likeness (QED) is 0.635. The number of benzene rings is 2. The van der Waals surface area contributed by atoms with E-state index >= 15 is 0 Å². The van der Waals surface area contributed by atoms with Crippen molar-refractivity contribution in [2.75, 3.05) is 0 Å². The van der Waals surface area contributed by atoms with Crippen LogP contribution in [0, 0.1) is 0 Å². The average molecular weight is 325 g/mol. The molecular weight excluding hydrogens is 307 g/mol. The molecule has 0 aliphatic rings.